The van der Waals surface area contributed by atoms with Crippen molar-refractivity contribution in [2.45, 2.75) is 51.7 Å². The van der Waals surface area contributed by atoms with E-state index in [9.17, 15) is 4.79 Å². The van der Waals surface area contributed by atoms with Crippen LogP contribution in [0, 0.1) is 0 Å². The second-order valence-corrected chi connectivity index (χ2v) is 8.80. The van der Waals surface area contributed by atoms with Gasteiger partial charge in [0, 0.05) is 51.4 Å². The van der Waals surface area contributed by atoms with Gasteiger partial charge in [-0.15, -0.1) is 24.0 Å². The van der Waals surface area contributed by atoms with E-state index in [1.807, 2.05) is 11.0 Å². The van der Waals surface area contributed by atoms with E-state index in [1.165, 1.54) is 6.42 Å². The lowest BCUT2D eigenvalue weighted by atomic mass is 9.96. The molecule has 3 aliphatic rings. The maximum Gasteiger partial charge on any atom is 0.236 e. The number of ether oxygens (including phenoxy) is 1. The highest BCUT2D eigenvalue weighted by atomic mass is 127. The van der Waals surface area contributed by atoms with Crippen LogP contribution in [-0.4, -0.2) is 85.0 Å². The largest absolute Gasteiger partial charge is 0.490 e. The van der Waals surface area contributed by atoms with Crippen LogP contribution < -0.4 is 10.1 Å². The molecule has 7 nitrogen and oxygen atoms in total. The summed E-state index contributed by atoms with van der Waals surface area (Å²) in [7, 11) is 0. The van der Waals surface area contributed by atoms with Crippen molar-refractivity contribution >= 4 is 35.8 Å². The molecular weight excluding hydrogens is 517 g/mol. The SMILES string of the molecule is CCNC(=NCc1ccccc1OC1CCC1)N1CCN(CC(=O)N2CCCC2)CC1.I. The highest BCUT2D eigenvalue weighted by molar-refractivity contribution is 14.0. The number of nitrogens with one attached hydrogen (secondary N) is 1. The van der Waals surface area contributed by atoms with Crippen LogP contribution in [-0.2, 0) is 11.3 Å². The summed E-state index contributed by atoms with van der Waals surface area (Å²) in [5.41, 5.74) is 1.14. The number of aliphatic imine (C=N–C) groups is 1. The van der Waals surface area contributed by atoms with Gasteiger partial charge in [0.05, 0.1) is 19.2 Å². The number of guanidine groups is 1. The van der Waals surface area contributed by atoms with Gasteiger partial charge < -0.3 is 19.9 Å². The van der Waals surface area contributed by atoms with E-state index in [2.05, 4.69) is 40.2 Å². The maximum absolute atomic E-state index is 12.4. The third-order valence-electron chi connectivity index (χ3n) is 6.54. The van der Waals surface area contributed by atoms with Gasteiger partial charge in [-0.2, -0.15) is 0 Å². The van der Waals surface area contributed by atoms with Crippen molar-refractivity contribution in [3.05, 3.63) is 29.8 Å². The minimum atomic E-state index is 0. The number of para-hydroxylation sites is 1. The fourth-order valence-electron chi connectivity index (χ4n) is 4.38. The predicted octanol–water partition coefficient (Wildman–Crippen LogP) is 2.94. The summed E-state index contributed by atoms with van der Waals surface area (Å²) in [5.74, 6) is 2.21. The molecule has 2 heterocycles. The monoisotopic (exact) mass is 555 g/mol. The van der Waals surface area contributed by atoms with Crippen molar-refractivity contribution in [1.29, 1.82) is 0 Å². The van der Waals surface area contributed by atoms with Crippen molar-refractivity contribution < 1.29 is 9.53 Å². The number of hydrogen-bond donors (Lipinski definition) is 1. The lowest BCUT2D eigenvalue weighted by molar-refractivity contribution is -0.131. The number of benzene rings is 1. The molecule has 1 amide bonds. The smallest absolute Gasteiger partial charge is 0.236 e. The zero-order valence-electron chi connectivity index (χ0n) is 19.3. The first-order chi connectivity index (χ1) is 15.2. The first kappa shape index (κ1) is 25.1. The molecule has 2 aliphatic heterocycles. The Labute approximate surface area is 209 Å². The average molecular weight is 556 g/mol. The van der Waals surface area contributed by atoms with E-state index >= 15 is 0 Å². The third kappa shape index (κ3) is 6.73. The molecule has 8 heteroatoms. The Morgan fingerprint density at radius 1 is 1.03 bits per heavy atom. The molecule has 0 aromatic heterocycles. The number of piperazine rings is 1. The fourth-order valence-corrected chi connectivity index (χ4v) is 4.38. The lowest BCUT2D eigenvalue weighted by Gasteiger charge is -2.36. The highest BCUT2D eigenvalue weighted by Gasteiger charge is 2.25. The zero-order valence-corrected chi connectivity index (χ0v) is 21.6. The highest BCUT2D eigenvalue weighted by Crippen LogP contribution is 2.28. The Hall–Kier alpha value is -1.55. The lowest BCUT2D eigenvalue weighted by Crippen LogP contribution is -2.54. The molecular formula is C24H38IN5O2. The molecule has 4 rings (SSSR count). The molecule has 0 spiro atoms. The number of hydrogen-bond acceptors (Lipinski definition) is 4. The summed E-state index contributed by atoms with van der Waals surface area (Å²) in [6.07, 6.45) is 6.25. The number of likely N-dealkylation sites (tertiary alicyclic amines) is 1. The van der Waals surface area contributed by atoms with Crippen LogP contribution in [0.4, 0.5) is 0 Å². The normalized spacial score (nSPS) is 20.0. The Morgan fingerprint density at radius 2 is 1.75 bits per heavy atom. The molecule has 0 bridgehead atoms. The van der Waals surface area contributed by atoms with Crippen molar-refractivity contribution in [2.24, 2.45) is 4.99 Å². The first-order valence-corrected chi connectivity index (χ1v) is 12.0. The maximum atomic E-state index is 12.4. The number of rotatable bonds is 7. The number of carbonyl (C=O) groups excluding carboxylic acids is 1. The second kappa shape index (κ2) is 12.6. The topological polar surface area (TPSA) is 60.4 Å². The Balaban J connectivity index is 0.00000289. The standard InChI is InChI=1S/C24H37N5O2.HI/c1-2-25-24(26-18-20-8-3-4-11-22(20)31-21-9-7-10-21)29-16-14-27(15-17-29)19-23(30)28-12-5-6-13-28;/h3-4,8,11,21H,2,5-7,9-10,12-19H2,1H3,(H,25,26);1H. The molecule has 1 aromatic carbocycles. The molecule has 3 fully saturated rings. The van der Waals surface area contributed by atoms with Gasteiger partial charge in [-0.1, -0.05) is 18.2 Å². The molecule has 1 aliphatic carbocycles. The van der Waals surface area contributed by atoms with Gasteiger partial charge in [-0.05, 0) is 45.1 Å². The quantitative estimate of drug-likeness (QED) is 0.319. The Morgan fingerprint density at radius 3 is 2.41 bits per heavy atom. The van der Waals surface area contributed by atoms with Crippen LogP contribution in [0.15, 0.2) is 29.3 Å². The van der Waals surface area contributed by atoms with Gasteiger partial charge >= 0.3 is 0 Å². The van der Waals surface area contributed by atoms with E-state index in [4.69, 9.17) is 9.73 Å². The van der Waals surface area contributed by atoms with E-state index in [0.29, 0.717) is 19.2 Å². The van der Waals surface area contributed by atoms with Crippen molar-refractivity contribution in [1.82, 2.24) is 20.0 Å². The Kier molecular flexibility index (Phi) is 9.90. The van der Waals surface area contributed by atoms with Gasteiger partial charge in [0.15, 0.2) is 5.96 Å². The van der Waals surface area contributed by atoms with Crippen LogP contribution in [0.5, 0.6) is 5.75 Å². The van der Waals surface area contributed by atoms with Crippen LogP contribution in [0.25, 0.3) is 0 Å². The van der Waals surface area contributed by atoms with Crippen LogP contribution in [0.3, 0.4) is 0 Å². The summed E-state index contributed by atoms with van der Waals surface area (Å²) in [6, 6.07) is 8.27. The van der Waals surface area contributed by atoms with Crippen LogP contribution in [0.2, 0.25) is 0 Å². The second-order valence-electron chi connectivity index (χ2n) is 8.80. The molecule has 32 heavy (non-hydrogen) atoms. The summed E-state index contributed by atoms with van der Waals surface area (Å²) < 4.78 is 6.17. The van der Waals surface area contributed by atoms with Crippen molar-refractivity contribution in [2.75, 3.05) is 52.4 Å². The average Bonchev–Trinajstić information content (AvgIpc) is 3.30. The number of nitrogens with zero attached hydrogens (tertiary/aromatic N) is 4. The van der Waals surface area contributed by atoms with Gasteiger partial charge in [-0.3, -0.25) is 9.69 Å². The van der Waals surface area contributed by atoms with Crippen LogP contribution >= 0.6 is 24.0 Å². The van der Waals surface area contributed by atoms with Gasteiger partial charge in [-0.25, -0.2) is 4.99 Å². The van der Waals surface area contributed by atoms with Crippen molar-refractivity contribution in [3.8, 4) is 5.75 Å². The molecule has 2 saturated heterocycles. The molecule has 1 saturated carbocycles. The summed E-state index contributed by atoms with van der Waals surface area (Å²) >= 11 is 0. The summed E-state index contributed by atoms with van der Waals surface area (Å²) in [5, 5.41) is 3.45. The summed E-state index contributed by atoms with van der Waals surface area (Å²) in [4.78, 5) is 24.0. The molecule has 1 N–H and O–H groups in total. The van der Waals surface area contributed by atoms with Gasteiger partial charge in [0.1, 0.15) is 5.75 Å². The Bertz CT molecular complexity index is 757. The molecule has 0 radical (unpaired) electrons. The zero-order chi connectivity index (χ0) is 21.5. The van der Waals surface area contributed by atoms with Gasteiger partial charge in [0.25, 0.3) is 0 Å². The minimum absolute atomic E-state index is 0. The summed E-state index contributed by atoms with van der Waals surface area (Å²) in [6.45, 7) is 9.53. The number of carbonyl (C=O) groups is 1. The van der Waals surface area contributed by atoms with E-state index in [-0.39, 0.29) is 29.9 Å². The van der Waals surface area contributed by atoms with E-state index in [0.717, 1.165) is 88.8 Å². The van der Waals surface area contributed by atoms with Gasteiger partial charge in [0.2, 0.25) is 5.91 Å². The van der Waals surface area contributed by atoms with Crippen LogP contribution in [0.1, 0.15) is 44.6 Å². The van der Waals surface area contributed by atoms with Crippen molar-refractivity contribution in [3.63, 3.8) is 0 Å². The first-order valence-electron chi connectivity index (χ1n) is 12.0. The minimum Gasteiger partial charge on any atom is -0.490 e. The number of halogens is 1. The van der Waals surface area contributed by atoms with E-state index < -0.39 is 0 Å². The number of amides is 1. The molecule has 0 atom stereocenters. The third-order valence-corrected chi connectivity index (χ3v) is 6.54. The fraction of sp³-hybridized carbons (Fsp3) is 0.667. The van der Waals surface area contributed by atoms with E-state index in [1.54, 1.807) is 0 Å². The molecule has 1 aromatic rings. The molecule has 0 unspecified atom stereocenters. The molecule has 178 valence electrons. The predicted molar refractivity (Wildman–Crippen MR) is 139 cm³/mol.